The molecule has 13 nitrogen and oxygen atoms in total. The summed E-state index contributed by atoms with van der Waals surface area (Å²) >= 11 is 1.58. The van der Waals surface area contributed by atoms with E-state index in [0.717, 1.165) is 6.20 Å². The van der Waals surface area contributed by atoms with Crippen molar-refractivity contribution in [1.82, 2.24) is 9.55 Å². The van der Waals surface area contributed by atoms with Gasteiger partial charge in [0.05, 0.1) is 10.2 Å². The lowest BCUT2D eigenvalue weighted by Crippen LogP contribution is -2.37. The molecule has 1 aliphatic heterocycles. The van der Waals surface area contributed by atoms with E-state index in [4.69, 9.17) is 19.4 Å². The van der Waals surface area contributed by atoms with E-state index < -0.39 is 58.1 Å². The number of aliphatic hydroxyl groups excluding tert-OH is 1. The van der Waals surface area contributed by atoms with Crippen molar-refractivity contribution in [2.75, 3.05) is 6.61 Å². The molecule has 0 spiro atoms. The molecule has 26 heavy (non-hydrogen) atoms. The van der Waals surface area contributed by atoms with Gasteiger partial charge < -0.3 is 24.5 Å². The van der Waals surface area contributed by atoms with Crippen LogP contribution in [0.2, 0.25) is 0 Å². The summed E-state index contributed by atoms with van der Waals surface area (Å²) in [6.07, 6.45) is -6.36. The van der Waals surface area contributed by atoms with Crippen molar-refractivity contribution in [3.8, 4) is 0 Å². The lowest BCUT2D eigenvalue weighted by atomic mass is 10.1. The third kappa shape index (κ3) is 5.28. The average Bonchev–Trinajstić information content (AvgIpc) is 2.75. The molecule has 0 aliphatic carbocycles. The highest BCUT2D eigenvalue weighted by molar-refractivity contribution is 14.1. The molecule has 5 N–H and O–H groups in total. The maximum atomic E-state index is 14.2. The van der Waals surface area contributed by atoms with Gasteiger partial charge in [0.1, 0.15) is 12.2 Å². The molecule has 1 aliphatic rings. The molecule has 1 fully saturated rings. The summed E-state index contributed by atoms with van der Waals surface area (Å²) in [5.41, 5.74) is -1.73. The van der Waals surface area contributed by atoms with Crippen LogP contribution >= 0.6 is 38.2 Å². The highest BCUT2D eigenvalue weighted by Gasteiger charge is 2.47. The zero-order chi connectivity index (χ0) is 19.9. The highest BCUT2D eigenvalue weighted by Crippen LogP contribution is 2.57. The quantitative estimate of drug-likeness (QED) is 0.222. The van der Waals surface area contributed by atoms with Gasteiger partial charge in [0, 0.05) is 6.20 Å². The molecular formula is C9H12FIN2O11P2. The van der Waals surface area contributed by atoms with Crippen molar-refractivity contribution in [3.05, 3.63) is 30.6 Å². The van der Waals surface area contributed by atoms with E-state index in [9.17, 15) is 28.2 Å². The Hall–Kier alpha value is -0.480. The molecule has 0 bridgehead atoms. The first-order chi connectivity index (χ1) is 11.8. The second-order valence-electron chi connectivity index (χ2n) is 4.98. The molecule has 1 aromatic heterocycles. The van der Waals surface area contributed by atoms with Crippen molar-refractivity contribution in [2.45, 2.75) is 24.6 Å². The molecule has 1 unspecified atom stereocenters. The Bertz CT molecular complexity index is 883. The Morgan fingerprint density at radius 3 is 2.54 bits per heavy atom. The van der Waals surface area contributed by atoms with E-state index in [1.54, 1.807) is 22.6 Å². The van der Waals surface area contributed by atoms with Crippen molar-refractivity contribution in [2.24, 2.45) is 0 Å². The molecule has 0 aromatic carbocycles. The van der Waals surface area contributed by atoms with Gasteiger partial charge in [0.15, 0.2) is 12.4 Å². The van der Waals surface area contributed by atoms with Gasteiger partial charge in [0.2, 0.25) is 0 Å². The second-order valence-corrected chi connectivity index (χ2v) is 8.97. The van der Waals surface area contributed by atoms with E-state index in [-0.39, 0.29) is 3.57 Å². The normalized spacial score (nSPS) is 28.8. The Kier molecular flexibility index (Phi) is 6.60. The third-order valence-electron chi connectivity index (χ3n) is 3.10. The van der Waals surface area contributed by atoms with Gasteiger partial charge in [-0.25, -0.2) is 18.3 Å². The van der Waals surface area contributed by atoms with Gasteiger partial charge in [-0.3, -0.25) is 18.9 Å². The first-order valence-corrected chi connectivity index (χ1v) is 10.6. The molecule has 5 atom stereocenters. The van der Waals surface area contributed by atoms with Crippen LogP contribution in [0.5, 0.6) is 0 Å². The van der Waals surface area contributed by atoms with Gasteiger partial charge in [0.25, 0.3) is 5.56 Å². The maximum absolute atomic E-state index is 14.2. The Morgan fingerprint density at radius 2 is 1.96 bits per heavy atom. The second kappa shape index (κ2) is 7.87. The van der Waals surface area contributed by atoms with Crippen LogP contribution in [0, 0.1) is 3.57 Å². The fourth-order valence-electron chi connectivity index (χ4n) is 2.04. The summed E-state index contributed by atoms with van der Waals surface area (Å²) in [6.45, 7) is -0.985. The lowest BCUT2D eigenvalue weighted by Gasteiger charge is -2.17. The number of aliphatic hydroxyl groups is 1. The topological polar surface area (TPSA) is 198 Å². The number of aromatic nitrogens is 2. The Labute approximate surface area is 156 Å². The molecule has 2 heterocycles. The number of nitrogens with one attached hydrogen (secondary N) is 1. The summed E-state index contributed by atoms with van der Waals surface area (Å²) in [5.74, 6) is 0. The van der Waals surface area contributed by atoms with Gasteiger partial charge >= 0.3 is 21.3 Å². The summed E-state index contributed by atoms with van der Waals surface area (Å²) in [6, 6.07) is 0. The van der Waals surface area contributed by atoms with Crippen LogP contribution in [0.4, 0.5) is 4.39 Å². The van der Waals surface area contributed by atoms with Crippen LogP contribution in [0.25, 0.3) is 0 Å². The van der Waals surface area contributed by atoms with Crippen LogP contribution < -0.4 is 11.2 Å². The minimum absolute atomic E-state index is 0.0297. The van der Waals surface area contributed by atoms with Crippen molar-refractivity contribution < 1.29 is 46.9 Å². The number of nitrogens with zero attached hydrogens (tertiary/aromatic N) is 1. The number of phosphoric ester groups is 1. The number of hydrogen-bond donors (Lipinski definition) is 5. The first-order valence-electron chi connectivity index (χ1n) is 6.53. The SMILES string of the molecule is O=c1[nH]c(=O)n([C@@H]2O[C@H](COP(=O)(O)OP(=O)(O)O)[C@@H](O)[C@@H]2F)cc1I. The standard InChI is InChI=1S/C9H12FIN2O11P2/c10-5-6(14)4(2-22-26(20,21)24-25(17,18)19)23-8(5)13-1-3(11)7(15)12-9(13)16/h1,4-6,8,14H,2H2,(H,20,21)(H,12,15,16)(H2,17,18,19)/t4-,5+,6-,8-/m1/s1. The fraction of sp³-hybridized carbons (Fsp3) is 0.556. The van der Waals surface area contributed by atoms with E-state index >= 15 is 0 Å². The Balaban J connectivity index is 2.14. The summed E-state index contributed by atoms with van der Waals surface area (Å²) in [5, 5.41) is 9.80. The first kappa shape index (κ1) is 21.8. The Morgan fingerprint density at radius 1 is 1.35 bits per heavy atom. The third-order valence-corrected chi connectivity index (χ3v) is 6.02. The molecule has 0 amide bonds. The van der Waals surface area contributed by atoms with Crippen LogP contribution in [-0.2, 0) is 22.7 Å². The molecule has 1 saturated heterocycles. The van der Waals surface area contributed by atoms with Gasteiger partial charge in [-0.05, 0) is 22.6 Å². The molecular weight excluding hydrogens is 520 g/mol. The molecule has 17 heteroatoms. The number of H-pyrrole nitrogens is 1. The summed E-state index contributed by atoms with van der Waals surface area (Å²) in [7, 11) is -10.6. The maximum Gasteiger partial charge on any atom is 0.481 e. The van der Waals surface area contributed by atoms with Crippen LogP contribution in [-0.4, -0.2) is 54.3 Å². The number of aromatic amines is 1. The van der Waals surface area contributed by atoms with Crippen LogP contribution in [0.1, 0.15) is 6.23 Å². The van der Waals surface area contributed by atoms with Crippen molar-refractivity contribution in [1.29, 1.82) is 0 Å². The zero-order valence-corrected chi connectivity index (χ0v) is 16.3. The van der Waals surface area contributed by atoms with Crippen molar-refractivity contribution in [3.63, 3.8) is 0 Å². The zero-order valence-electron chi connectivity index (χ0n) is 12.3. The number of alkyl halides is 1. The van der Waals surface area contributed by atoms with E-state index in [1.807, 2.05) is 4.98 Å². The molecule has 2 rings (SSSR count). The molecule has 148 valence electrons. The summed E-state index contributed by atoms with van der Waals surface area (Å²) < 4.78 is 49.7. The van der Waals surface area contributed by atoms with Crippen molar-refractivity contribution >= 4 is 38.2 Å². The van der Waals surface area contributed by atoms with Gasteiger partial charge in [-0.2, -0.15) is 4.31 Å². The highest BCUT2D eigenvalue weighted by atomic mass is 127. The van der Waals surface area contributed by atoms with Gasteiger partial charge in [-0.1, -0.05) is 0 Å². The smallest absolute Gasteiger partial charge is 0.387 e. The molecule has 0 saturated carbocycles. The molecule has 0 radical (unpaired) electrons. The van der Waals surface area contributed by atoms with E-state index in [1.165, 1.54) is 0 Å². The largest absolute Gasteiger partial charge is 0.481 e. The van der Waals surface area contributed by atoms with E-state index in [2.05, 4.69) is 8.83 Å². The van der Waals surface area contributed by atoms with Crippen LogP contribution in [0.3, 0.4) is 0 Å². The number of hydrogen-bond acceptors (Lipinski definition) is 8. The number of halogens is 2. The van der Waals surface area contributed by atoms with E-state index in [0.29, 0.717) is 4.57 Å². The minimum atomic E-state index is -5.35. The summed E-state index contributed by atoms with van der Waals surface area (Å²) in [4.78, 5) is 51.1. The fourth-order valence-corrected chi connectivity index (χ4v) is 4.07. The van der Waals surface area contributed by atoms with Gasteiger partial charge in [-0.15, -0.1) is 0 Å². The number of phosphoric acid groups is 2. The number of ether oxygens (including phenoxy) is 1. The van der Waals surface area contributed by atoms with Crippen LogP contribution in [0.15, 0.2) is 15.8 Å². The lowest BCUT2D eigenvalue weighted by molar-refractivity contribution is -0.0483. The predicted molar refractivity (Wildman–Crippen MR) is 87.8 cm³/mol. The average molecular weight is 532 g/mol. The molecule has 1 aromatic rings. The monoisotopic (exact) mass is 532 g/mol. The number of rotatable bonds is 6. The minimum Gasteiger partial charge on any atom is -0.387 e. The predicted octanol–water partition coefficient (Wildman–Crippen LogP) is -1.04.